The number of hydrogen-bond donors (Lipinski definition) is 0. The van der Waals surface area contributed by atoms with Gasteiger partial charge >= 0.3 is 0 Å². The quantitative estimate of drug-likeness (QED) is 0.426. The number of thiazole rings is 1. The Kier molecular flexibility index (Phi) is 9.37. The van der Waals surface area contributed by atoms with Gasteiger partial charge in [-0.3, -0.25) is 9.69 Å². The van der Waals surface area contributed by atoms with Gasteiger partial charge in [0.25, 0.3) is 5.91 Å². The van der Waals surface area contributed by atoms with Gasteiger partial charge in [0, 0.05) is 6.54 Å². The lowest BCUT2D eigenvalue weighted by atomic mass is 10.2. The molecule has 3 aromatic rings. The van der Waals surface area contributed by atoms with Gasteiger partial charge in [-0.15, -0.1) is 12.4 Å². The third kappa shape index (κ3) is 6.46. The van der Waals surface area contributed by atoms with Gasteiger partial charge in [-0.1, -0.05) is 35.1 Å². The summed E-state index contributed by atoms with van der Waals surface area (Å²) in [5.74, 6) is 1.16. The number of ether oxygens (including phenoxy) is 2. The first-order valence-corrected chi connectivity index (χ1v) is 10.9. The summed E-state index contributed by atoms with van der Waals surface area (Å²) in [6.45, 7) is 3.32. The molecule has 168 valence electrons. The molecule has 9 heteroatoms. The summed E-state index contributed by atoms with van der Waals surface area (Å²) >= 11 is 7.75. The van der Waals surface area contributed by atoms with E-state index in [1.165, 1.54) is 11.3 Å². The largest absolute Gasteiger partial charge is 0.494 e. The Hall–Kier alpha value is -2.06. The van der Waals surface area contributed by atoms with E-state index in [2.05, 4.69) is 9.88 Å². The van der Waals surface area contributed by atoms with Crippen LogP contribution in [-0.2, 0) is 4.79 Å². The fraction of sp³-hybridized carbons (Fsp3) is 0.364. The van der Waals surface area contributed by atoms with Gasteiger partial charge in [0.05, 0.1) is 16.8 Å². The zero-order valence-electron chi connectivity index (χ0n) is 18.1. The van der Waals surface area contributed by atoms with Crippen molar-refractivity contribution in [1.82, 2.24) is 9.88 Å². The Balaban J connectivity index is 0.00000341. The van der Waals surface area contributed by atoms with E-state index in [4.69, 9.17) is 21.1 Å². The number of amides is 1. The zero-order valence-corrected chi connectivity index (χ0v) is 20.4. The van der Waals surface area contributed by atoms with Crippen molar-refractivity contribution < 1.29 is 14.3 Å². The third-order valence-electron chi connectivity index (χ3n) is 4.54. The molecule has 0 aliphatic heterocycles. The topological polar surface area (TPSA) is 54.9 Å². The second-order valence-electron chi connectivity index (χ2n) is 7.23. The van der Waals surface area contributed by atoms with Gasteiger partial charge in [-0.05, 0) is 63.8 Å². The van der Waals surface area contributed by atoms with Crippen LogP contribution in [0.1, 0.15) is 12.0 Å². The molecule has 0 saturated carbocycles. The minimum atomic E-state index is -0.149. The van der Waals surface area contributed by atoms with E-state index < -0.39 is 0 Å². The molecule has 1 aromatic heterocycles. The van der Waals surface area contributed by atoms with Crippen LogP contribution in [0.4, 0.5) is 5.13 Å². The number of nitrogens with zero attached hydrogens (tertiary/aromatic N) is 3. The fourth-order valence-electron chi connectivity index (χ4n) is 3.02. The van der Waals surface area contributed by atoms with Crippen LogP contribution in [0.25, 0.3) is 10.2 Å². The molecule has 0 radical (unpaired) electrons. The summed E-state index contributed by atoms with van der Waals surface area (Å²) in [6, 6.07) is 11.2. The summed E-state index contributed by atoms with van der Waals surface area (Å²) < 4.78 is 12.0. The number of anilines is 1. The maximum atomic E-state index is 13.1. The smallest absolute Gasteiger partial charge is 0.266 e. The lowest BCUT2D eigenvalue weighted by Gasteiger charge is -2.21. The lowest BCUT2D eigenvalue weighted by Crippen LogP contribution is -2.36. The maximum Gasteiger partial charge on any atom is 0.266 e. The molecule has 0 spiro atoms. The van der Waals surface area contributed by atoms with Crippen LogP contribution in [0.5, 0.6) is 11.5 Å². The Morgan fingerprint density at radius 1 is 1.19 bits per heavy atom. The van der Waals surface area contributed by atoms with E-state index in [1.807, 2.05) is 45.3 Å². The maximum absolute atomic E-state index is 13.1. The highest BCUT2D eigenvalue weighted by Crippen LogP contribution is 2.38. The number of carbonyl (C=O) groups is 1. The summed E-state index contributed by atoms with van der Waals surface area (Å²) in [7, 11) is 5.61. The zero-order chi connectivity index (χ0) is 21.7. The van der Waals surface area contributed by atoms with Crippen molar-refractivity contribution in [3.63, 3.8) is 0 Å². The minimum absolute atomic E-state index is 0. The average Bonchev–Trinajstić information content (AvgIpc) is 3.15. The molecule has 2 aromatic carbocycles. The van der Waals surface area contributed by atoms with Crippen LogP contribution in [0, 0.1) is 6.92 Å². The molecule has 0 aliphatic rings. The normalized spacial score (nSPS) is 10.8. The van der Waals surface area contributed by atoms with E-state index in [0.717, 1.165) is 23.2 Å². The minimum Gasteiger partial charge on any atom is -0.494 e. The third-order valence-corrected chi connectivity index (χ3v) is 6.08. The summed E-state index contributed by atoms with van der Waals surface area (Å²) in [4.78, 5) is 21.5. The molecule has 0 fully saturated rings. The lowest BCUT2D eigenvalue weighted by molar-refractivity contribution is -0.120. The van der Waals surface area contributed by atoms with E-state index in [-0.39, 0.29) is 24.9 Å². The molecule has 0 N–H and O–H groups in total. The van der Waals surface area contributed by atoms with Gasteiger partial charge in [-0.25, -0.2) is 4.98 Å². The van der Waals surface area contributed by atoms with Crippen LogP contribution < -0.4 is 14.4 Å². The second kappa shape index (κ2) is 11.5. The molecule has 1 heterocycles. The molecule has 3 rings (SSSR count). The molecule has 0 saturated heterocycles. The molecular weight excluding hydrogens is 457 g/mol. The molecule has 0 aliphatic carbocycles. The van der Waals surface area contributed by atoms with Crippen molar-refractivity contribution >= 4 is 56.6 Å². The predicted molar refractivity (Wildman–Crippen MR) is 131 cm³/mol. The highest BCUT2D eigenvalue weighted by molar-refractivity contribution is 7.23. The van der Waals surface area contributed by atoms with Crippen LogP contribution in [-0.4, -0.2) is 56.7 Å². The highest BCUT2D eigenvalue weighted by atomic mass is 35.5. The molecular formula is C22H27Cl2N3O3S. The first-order valence-electron chi connectivity index (χ1n) is 9.66. The van der Waals surface area contributed by atoms with Crippen molar-refractivity contribution in [3.05, 3.63) is 47.0 Å². The number of aryl methyl sites for hydroxylation is 1. The Labute approximate surface area is 198 Å². The first kappa shape index (κ1) is 25.2. The van der Waals surface area contributed by atoms with E-state index in [9.17, 15) is 4.79 Å². The van der Waals surface area contributed by atoms with Crippen LogP contribution in [0.15, 0.2) is 36.4 Å². The Morgan fingerprint density at radius 2 is 1.97 bits per heavy atom. The summed E-state index contributed by atoms with van der Waals surface area (Å²) in [5.41, 5.74) is 1.74. The number of carbonyl (C=O) groups excluding carboxylic acids is 1. The molecule has 0 atom stereocenters. The number of hydrogen-bond acceptors (Lipinski definition) is 6. The van der Waals surface area contributed by atoms with Crippen molar-refractivity contribution in [2.24, 2.45) is 0 Å². The number of fused-ring (bicyclic) bond motifs is 1. The predicted octanol–water partition coefficient (Wildman–Crippen LogP) is 5.05. The van der Waals surface area contributed by atoms with E-state index in [1.54, 1.807) is 24.1 Å². The summed E-state index contributed by atoms with van der Waals surface area (Å²) in [6.07, 6.45) is 0.810. The molecule has 31 heavy (non-hydrogen) atoms. The van der Waals surface area contributed by atoms with Crippen molar-refractivity contribution in [2.45, 2.75) is 13.3 Å². The first-order chi connectivity index (χ1) is 14.4. The highest BCUT2D eigenvalue weighted by Gasteiger charge is 2.22. The van der Waals surface area contributed by atoms with E-state index in [0.29, 0.717) is 33.7 Å². The standard InChI is InChI=1S/C22H26ClN3O3S.ClH/c1-15-7-5-8-16(13-15)29-14-19(27)26(12-6-11-25(2)3)22-24-20-18(28-4)10-9-17(23)21(20)30-22;/h5,7-10,13H,6,11-12,14H2,1-4H3;1H. The van der Waals surface area contributed by atoms with Crippen LogP contribution >= 0.6 is 35.3 Å². The molecule has 0 bridgehead atoms. The summed E-state index contributed by atoms with van der Waals surface area (Å²) in [5, 5.41) is 1.18. The van der Waals surface area contributed by atoms with Crippen molar-refractivity contribution in [3.8, 4) is 11.5 Å². The SMILES string of the molecule is COc1ccc(Cl)c2sc(N(CCCN(C)C)C(=O)COc3cccc(C)c3)nc12.Cl. The number of methoxy groups -OCH3 is 1. The molecule has 0 unspecified atom stereocenters. The Bertz CT molecular complexity index is 1030. The number of rotatable bonds is 9. The Morgan fingerprint density at radius 3 is 2.65 bits per heavy atom. The van der Waals surface area contributed by atoms with Crippen molar-refractivity contribution in [1.29, 1.82) is 0 Å². The monoisotopic (exact) mass is 483 g/mol. The van der Waals surface area contributed by atoms with Crippen molar-refractivity contribution in [2.75, 3.05) is 45.8 Å². The van der Waals surface area contributed by atoms with Gasteiger partial charge in [0.2, 0.25) is 0 Å². The van der Waals surface area contributed by atoms with Gasteiger partial charge < -0.3 is 14.4 Å². The van der Waals surface area contributed by atoms with Crippen LogP contribution in [0.3, 0.4) is 0 Å². The number of halogens is 2. The van der Waals surface area contributed by atoms with Gasteiger partial charge in [0.15, 0.2) is 11.7 Å². The van der Waals surface area contributed by atoms with Crippen LogP contribution in [0.2, 0.25) is 5.02 Å². The number of benzene rings is 2. The molecule has 6 nitrogen and oxygen atoms in total. The second-order valence-corrected chi connectivity index (χ2v) is 8.62. The fourth-order valence-corrected chi connectivity index (χ4v) is 4.32. The van der Waals surface area contributed by atoms with Gasteiger partial charge in [0.1, 0.15) is 17.0 Å². The average molecular weight is 484 g/mol. The van der Waals surface area contributed by atoms with Gasteiger partial charge in [-0.2, -0.15) is 0 Å². The molecule has 1 amide bonds. The van der Waals surface area contributed by atoms with E-state index >= 15 is 0 Å². The number of aromatic nitrogens is 1.